The number of hydrogen-bond acceptors (Lipinski definition) is 0. The molecule has 0 heterocycles. The number of benzene rings is 1. The van der Waals surface area contributed by atoms with E-state index in [2.05, 4.69) is 0 Å². The molecule has 3 heteroatoms. The van der Waals surface area contributed by atoms with Crippen molar-refractivity contribution in [2.75, 3.05) is 0 Å². The molecule has 0 atom stereocenters. The van der Waals surface area contributed by atoms with Gasteiger partial charge in [0, 0.05) is 10.1 Å². The van der Waals surface area contributed by atoms with Crippen molar-refractivity contribution in [1.82, 2.24) is 0 Å². The van der Waals surface area contributed by atoms with Gasteiger partial charge in [-0.15, -0.1) is 0 Å². The molecule has 0 aliphatic heterocycles. The smallest absolute Gasteiger partial charge is 0.0623 e. The zero-order valence-corrected chi connectivity index (χ0v) is 9.42. The summed E-state index contributed by atoms with van der Waals surface area (Å²) in [6.45, 7) is 1.96. The third kappa shape index (κ3) is 2.91. The summed E-state index contributed by atoms with van der Waals surface area (Å²) in [5.41, 5.74) is 0.901. The quantitative estimate of drug-likeness (QED) is 0.684. The van der Waals surface area contributed by atoms with E-state index in [9.17, 15) is 0 Å². The summed E-state index contributed by atoms with van der Waals surface area (Å²) in [5.74, 6) is 0. The predicted octanol–water partition coefficient (Wildman–Crippen LogP) is 4.90. The fourth-order valence-electron chi connectivity index (χ4n) is 0.908. The monoisotopic (exact) mass is 234 g/mol. The van der Waals surface area contributed by atoms with Gasteiger partial charge in [0.1, 0.15) is 0 Å². The molecule has 0 aromatic heterocycles. The molecule has 0 nitrogen and oxygen atoms in total. The lowest BCUT2D eigenvalue weighted by molar-refractivity contribution is 1.20. The van der Waals surface area contributed by atoms with Crippen LogP contribution in [0, 0.1) is 0 Å². The molecular formula is C10H9Cl3. The Kier molecular flexibility index (Phi) is 4.11. The second-order valence-electron chi connectivity index (χ2n) is 2.58. The van der Waals surface area contributed by atoms with Crippen molar-refractivity contribution in [1.29, 1.82) is 0 Å². The van der Waals surface area contributed by atoms with Crippen LogP contribution >= 0.6 is 34.8 Å². The van der Waals surface area contributed by atoms with Crippen LogP contribution in [-0.2, 0) is 0 Å². The SMILES string of the molecule is CC/C(Cl)=C(\Cl)c1ccc(Cl)cc1. The maximum absolute atomic E-state index is 6.01. The van der Waals surface area contributed by atoms with Crippen LogP contribution in [0.1, 0.15) is 18.9 Å². The van der Waals surface area contributed by atoms with Gasteiger partial charge in [-0.25, -0.2) is 0 Å². The Bertz CT molecular complexity index is 311. The van der Waals surface area contributed by atoms with Gasteiger partial charge >= 0.3 is 0 Å². The first kappa shape index (κ1) is 10.9. The van der Waals surface area contributed by atoms with E-state index in [1.807, 2.05) is 19.1 Å². The summed E-state index contributed by atoms with van der Waals surface area (Å²) in [4.78, 5) is 0. The van der Waals surface area contributed by atoms with Gasteiger partial charge in [0.15, 0.2) is 0 Å². The Hall–Kier alpha value is -0.170. The normalized spacial score (nSPS) is 12.6. The minimum absolute atomic E-state index is 0.598. The first-order valence-corrected chi connectivity index (χ1v) is 5.08. The van der Waals surface area contributed by atoms with E-state index in [1.54, 1.807) is 12.1 Å². The van der Waals surface area contributed by atoms with Crippen LogP contribution in [0.25, 0.3) is 5.03 Å². The van der Waals surface area contributed by atoms with Crippen LogP contribution in [0.4, 0.5) is 0 Å². The van der Waals surface area contributed by atoms with Crippen LogP contribution in [-0.4, -0.2) is 0 Å². The van der Waals surface area contributed by atoms with Gasteiger partial charge < -0.3 is 0 Å². The van der Waals surface area contributed by atoms with E-state index in [0.717, 1.165) is 12.0 Å². The zero-order chi connectivity index (χ0) is 9.84. The fraction of sp³-hybridized carbons (Fsp3) is 0.200. The Morgan fingerprint density at radius 3 is 2.15 bits per heavy atom. The molecule has 13 heavy (non-hydrogen) atoms. The summed E-state index contributed by atoms with van der Waals surface area (Å²) in [7, 11) is 0. The molecule has 0 saturated heterocycles. The Balaban J connectivity index is 3.02. The molecule has 1 rings (SSSR count). The van der Waals surface area contributed by atoms with Gasteiger partial charge in [0.05, 0.1) is 5.03 Å². The molecule has 0 saturated carbocycles. The van der Waals surface area contributed by atoms with Crippen LogP contribution in [0.2, 0.25) is 5.02 Å². The third-order valence-electron chi connectivity index (χ3n) is 1.65. The number of rotatable bonds is 2. The first-order valence-electron chi connectivity index (χ1n) is 3.95. The van der Waals surface area contributed by atoms with Crippen molar-refractivity contribution >= 4 is 39.8 Å². The van der Waals surface area contributed by atoms with Crippen LogP contribution < -0.4 is 0 Å². The summed E-state index contributed by atoms with van der Waals surface area (Å²) >= 11 is 17.7. The van der Waals surface area contributed by atoms with E-state index in [4.69, 9.17) is 34.8 Å². The highest BCUT2D eigenvalue weighted by Crippen LogP contribution is 2.27. The fourth-order valence-corrected chi connectivity index (χ4v) is 1.40. The summed E-state index contributed by atoms with van der Waals surface area (Å²) in [5, 5.41) is 1.96. The van der Waals surface area contributed by atoms with E-state index in [0.29, 0.717) is 15.1 Å². The highest BCUT2D eigenvalue weighted by Gasteiger charge is 2.02. The molecular weight excluding hydrogens is 226 g/mol. The van der Waals surface area contributed by atoms with Crippen LogP contribution in [0.3, 0.4) is 0 Å². The molecule has 0 amide bonds. The van der Waals surface area contributed by atoms with Crippen LogP contribution in [0.5, 0.6) is 0 Å². The Labute approximate surface area is 93.1 Å². The first-order chi connectivity index (χ1) is 6.15. The summed E-state index contributed by atoms with van der Waals surface area (Å²) in [6.07, 6.45) is 0.739. The van der Waals surface area contributed by atoms with Crippen molar-refractivity contribution in [2.45, 2.75) is 13.3 Å². The number of allylic oxidation sites excluding steroid dienone is 1. The lowest BCUT2D eigenvalue weighted by Crippen LogP contribution is -1.79. The van der Waals surface area contributed by atoms with E-state index in [1.165, 1.54) is 0 Å². The average molecular weight is 236 g/mol. The lowest BCUT2D eigenvalue weighted by atomic mass is 10.2. The number of halogens is 3. The van der Waals surface area contributed by atoms with Gasteiger partial charge in [-0.05, 0) is 24.1 Å². The predicted molar refractivity (Wildman–Crippen MR) is 60.4 cm³/mol. The molecule has 0 N–H and O–H groups in total. The van der Waals surface area contributed by atoms with Crippen molar-refractivity contribution in [3.05, 3.63) is 39.9 Å². The second kappa shape index (κ2) is 4.90. The van der Waals surface area contributed by atoms with Crippen molar-refractivity contribution < 1.29 is 0 Å². The van der Waals surface area contributed by atoms with Gasteiger partial charge in [0.25, 0.3) is 0 Å². The lowest BCUT2D eigenvalue weighted by Gasteiger charge is -2.01. The second-order valence-corrected chi connectivity index (χ2v) is 3.85. The van der Waals surface area contributed by atoms with Crippen LogP contribution in [0.15, 0.2) is 29.3 Å². The largest absolute Gasteiger partial charge is 0.0875 e. The molecule has 0 aliphatic rings. The Morgan fingerprint density at radius 1 is 1.15 bits per heavy atom. The minimum atomic E-state index is 0.598. The van der Waals surface area contributed by atoms with Crippen molar-refractivity contribution in [3.63, 3.8) is 0 Å². The third-order valence-corrected chi connectivity index (χ3v) is 2.90. The average Bonchev–Trinajstić information content (AvgIpc) is 2.17. The molecule has 70 valence electrons. The highest BCUT2D eigenvalue weighted by atomic mass is 35.5. The molecule has 1 aromatic carbocycles. The van der Waals surface area contributed by atoms with Gasteiger partial charge in [-0.3, -0.25) is 0 Å². The molecule has 0 fully saturated rings. The maximum Gasteiger partial charge on any atom is 0.0623 e. The summed E-state index contributed by atoms with van der Waals surface area (Å²) < 4.78 is 0. The number of hydrogen-bond donors (Lipinski definition) is 0. The van der Waals surface area contributed by atoms with E-state index >= 15 is 0 Å². The van der Waals surface area contributed by atoms with Gasteiger partial charge in [-0.1, -0.05) is 53.9 Å². The molecule has 0 bridgehead atoms. The molecule has 1 aromatic rings. The molecule has 0 spiro atoms. The van der Waals surface area contributed by atoms with Gasteiger partial charge in [-0.2, -0.15) is 0 Å². The van der Waals surface area contributed by atoms with Crippen molar-refractivity contribution in [2.24, 2.45) is 0 Å². The van der Waals surface area contributed by atoms with Crippen molar-refractivity contribution in [3.8, 4) is 0 Å². The molecule has 0 aliphatic carbocycles. The zero-order valence-electron chi connectivity index (χ0n) is 7.15. The minimum Gasteiger partial charge on any atom is -0.0875 e. The van der Waals surface area contributed by atoms with E-state index < -0.39 is 0 Å². The molecule has 0 unspecified atom stereocenters. The maximum atomic E-state index is 6.01. The Morgan fingerprint density at radius 2 is 1.69 bits per heavy atom. The highest BCUT2D eigenvalue weighted by molar-refractivity contribution is 6.54. The topological polar surface area (TPSA) is 0 Å². The standard InChI is InChI=1S/C10H9Cl3/c1-2-9(12)10(13)7-3-5-8(11)6-4-7/h3-6H,2H2,1H3/b10-9+. The van der Waals surface area contributed by atoms with Gasteiger partial charge in [0.2, 0.25) is 0 Å². The molecule has 0 radical (unpaired) electrons. The van der Waals surface area contributed by atoms with E-state index in [-0.39, 0.29) is 0 Å². The summed E-state index contributed by atoms with van der Waals surface area (Å²) in [6, 6.07) is 7.28.